The number of allylic oxidation sites excluding steroid dienone is 1. The molecule has 0 atom stereocenters. The number of hydrogen-bond acceptors (Lipinski definition) is 5. The van der Waals surface area contributed by atoms with Crippen molar-refractivity contribution in [2.45, 2.75) is 53.0 Å². The van der Waals surface area contributed by atoms with Crippen molar-refractivity contribution in [3.05, 3.63) is 39.6 Å². The predicted octanol–water partition coefficient (Wildman–Crippen LogP) is 4.09. The number of anilines is 1. The van der Waals surface area contributed by atoms with E-state index in [9.17, 15) is 9.59 Å². The molecule has 162 valence electrons. The quantitative estimate of drug-likeness (QED) is 0.736. The van der Waals surface area contributed by atoms with Gasteiger partial charge in [0.15, 0.2) is 5.78 Å². The van der Waals surface area contributed by atoms with Gasteiger partial charge in [-0.25, -0.2) is 0 Å². The average Bonchev–Trinajstić information content (AvgIpc) is 2.70. The number of carbonyl (C=O) groups is 2. The standard InChI is InChI=1S/C23H30ClN3O3/c1-5-27(18-6-8-30-9-7-18)21-12-17(24)11-19(15(21)3)23(29)25-13-20-16(4)26-14(2)10-22(20)28/h11-12,18H,5-10,13H2,1-4H3,(H,25,29). The van der Waals surface area contributed by atoms with Crippen LogP contribution in [-0.4, -0.2) is 49.7 Å². The van der Waals surface area contributed by atoms with E-state index >= 15 is 0 Å². The van der Waals surface area contributed by atoms with Crippen LogP contribution in [0.15, 0.2) is 28.4 Å². The third kappa shape index (κ3) is 4.93. The maximum atomic E-state index is 13.0. The molecule has 2 aliphatic heterocycles. The Kier molecular flexibility index (Phi) is 7.32. The molecule has 0 aliphatic carbocycles. The fourth-order valence-corrected chi connectivity index (χ4v) is 4.46. The molecule has 0 spiro atoms. The molecule has 0 aromatic heterocycles. The summed E-state index contributed by atoms with van der Waals surface area (Å²) < 4.78 is 5.50. The van der Waals surface area contributed by atoms with Gasteiger partial charge in [0.05, 0.1) is 0 Å². The van der Waals surface area contributed by atoms with E-state index in [2.05, 4.69) is 22.1 Å². The van der Waals surface area contributed by atoms with Gasteiger partial charge in [0.2, 0.25) is 0 Å². The number of rotatable bonds is 6. The summed E-state index contributed by atoms with van der Waals surface area (Å²) in [4.78, 5) is 32.0. The Hall–Kier alpha value is -2.18. The molecule has 7 heteroatoms. The second-order valence-corrected chi connectivity index (χ2v) is 8.36. The topological polar surface area (TPSA) is 71.0 Å². The number of halogens is 1. The lowest BCUT2D eigenvalue weighted by Crippen LogP contribution is -2.40. The zero-order valence-electron chi connectivity index (χ0n) is 18.2. The molecule has 1 N–H and O–H groups in total. The molecule has 1 fully saturated rings. The van der Waals surface area contributed by atoms with E-state index in [0.29, 0.717) is 34.3 Å². The molecule has 1 aromatic carbocycles. The maximum absolute atomic E-state index is 13.0. The third-order valence-corrected chi connectivity index (χ3v) is 6.06. The van der Waals surface area contributed by atoms with Crippen molar-refractivity contribution in [2.75, 3.05) is 31.2 Å². The molecule has 6 nitrogen and oxygen atoms in total. The maximum Gasteiger partial charge on any atom is 0.251 e. The van der Waals surface area contributed by atoms with E-state index in [1.807, 2.05) is 19.9 Å². The summed E-state index contributed by atoms with van der Waals surface area (Å²) in [5.41, 5.74) is 4.43. The van der Waals surface area contributed by atoms with Crippen molar-refractivity contribution in [1.29, 1.82) is 0 Å². The minimum atomic E-state index is -0.237. The van der Waals surface area contributed by atoms with E-state index in [1.54, 1.807) is 13.0 Å². The van der Waals surface area contributed by atoms with Crippen molar-refractivity contribution in [2.24, 2.45) is 4.99 Å². The van der Waals surface area contributed by atoms with Crippen LogP contribution >= 0.6 is 11.6 Å². The number of aliphatic imine (C=N–C) groups is 1. The third-order valence-electron chi connectivity index (χ3n) is 5.85. The highest BCUT2D eigenvalue weighted by Crippen LogP contribution is 2.31. The van der Waals surface area contributed by atoms with Crippen LogP contribution < -0.4 is 10.2 Å². The van der Waals surface area contributed by atoms with Gasteiger partial charge < -0.3 is 15.0 Å². The predicted molar refractivity (Wildman–Crippen MR) is 121 cm³/mol. The second-order valence-electron chi connectivity index (χ2n) is 7.92. The van der Waals surface area contributed by atoms with Gasteiger partial charge in [0, 0.05) is 72.0 Å². The van der Waals surface area contributed by atoms with E-state index in [0.717, 1.165) is 49.6 Å². The van der Waals surface area contributed by atoms with Gasteiger partial charge in [-0.05, 0) is 58.2 Å². The first kappa shape index (κ1) is 22.5. The van der Waals surface area contributed by atoms with E-state index < -0.39 is 0 Å². The molecule has 1 aromatic rings. The fraction of sp³-hybridized carbons (Fsp3) is 0.522. The summed E-state index contributed by atoms with van der Waals surface area (Å²) in [6, 6.07) is 3.99. The van der Waals surface area contributed by atoms with Crippen LogP contribution in [0.4, 0.5) is 5.69 Å². The molecular weight excluding hydrogens is 402 g/mol. The first-order chi connectivity index (χ1) is 14.3. The Morgan fingerprint density at radius 1 is 1.27 bits per heavy atom. The lowest BCUT2D eigenvalue weighted by molar-refractivity contribution is -0.114. The smallest absolute Gasteiger partial charge is 0.251 e. The van der Waals surface area contributed by atoms with Crippen molar-refractivity contribution in [3.63, 3.8) is 0 Å². The Morgan fingerprint density at radius 2 is 1.97 bits per heavy atom. The van der Waals surface area contributed by atoms with Gasteiger partial charge in [-0.15, -0.1) is 0 Å². The van der Waals surface area contributed by atoms with Crippen molar-refractivity contribution < 1.29 is 14.3 Å². The Labute approximate surface area is 183 Å². The molecule has 0 unspecified atom stereocenters. The number of amides is 1. The Bertz CT molecular complexity index is 901. The lowest BCUT2D eigenvalue weighted by Gasteiger charge is -2.36. The number of nitrogens with one attached hydrogen (secondary N) is 1. The summed E-state index contributed by atoms with van der Waals surface area (Å²) >= 11 is 6.40. The number of ketones is 1. The van der Waals surface area contributed by atoms with Gasteiger partial charge in [-0.2, -0.15) is 0 Å². The summed E-state index contributed by atoms with van der Waals surface area (Å²) in [7, 11) is 0. The molecule has 0 saturated carbocycles. The number of nitrogens with zero attached hydrogens (tertiary/aromatic N) is 2. The van der Waals surface area contributed by atoms with Gasteiger partial charge >= 0.3 is 0 Å². The van der Waals surface area contributed by atoms with Crippen LogP contribution in [0.3, 0.4) is 0 Å². The summed E-state index contributed by atoms with van der Waals surface area (Å²) in [5, 5.41) is 3.42. The summed E-state index contributed by atoms with van der Waals surface area (Å²) in [6.45, 7) is 10.2. The van der Waals surface area contributed by atoms with E-state index in [1.165, 1.54) is 0 Å². The minimum Gasteiger partial charge on any atom is -0.381 e. The zero-order chi connectivity index (χ0) is 21.8. The fourth-order valence-electron chi connectivity index (χ4n) is 4.25. The number of Topliss-reactive ketones (excluding diaryl/α,β-unsaturated/α-hetero) is 1. The molecule has 3 rings (SSSR count). The Balaban J connectivity index is 1.83. The number of carbonyl (C=O) groups excluding carboxylic acids is 2. The van der Waals surface area contributed by atoms with Gasteiger partial charge in [-0.3, -0.25) is 14.6 Å². The number of ether oxygens (including phenoxy) is 1. The molecule has 0 bridgehead atoms. The van der Waals surface area contributed by atoms with Crippen LogP contribution in [0.2, 0.25) is 5.02 Å². The minimum absolute atomic E-state index is 0.0143. The SMILES string of the molecule is CCN(c1cc(Cl)cc(C(=O)NCC2=C(C)N=C(C)CC2=O)c1C)C1CCOCC1. The van der Waals surface area contributed by atoms with Crippen molar-refractivity contribution in [1.82, 2.24) is 5.32 Å². The number of hydrogen-bond donors (Lipinski definition) is 1. The van der Waals surface area contributed by atoms with Gasteiger partial charge in [0.25, 0.3) is 5.91 Å². The first-order valence-corrected chi connectivity index (χ1v) is 10.9. The summed E-state index contributed by atoms with van der Waals surface area (Å²) in [5.74, 6) is -0.223. The van der Waals surface area contributed by atoms with Gasteiger partial charge in [-0.1, -0.05) is 11.6 Å². The van der Waals surface area contributed by atoms with Crippen molar-refractivity contribution >= 4 is 34.7 Å². The second kappa shape index (κ2) is 9.75. The molecule has 30 heavy (non-hydrogen) atoms. The van der Waals surface area contributed by atoms with E-state index in [4.69, 9.17) is 16.3 Å². The highest BCUT2D eigenvalue weighted by molar-refractivity contribution is 6.31. The van der Waals surface area contributed by atoms with Gasteiger partial charge in [0.1, 0.15) is 0 Å². The molecule has 2 aliphatic rings. The highest BCUT2D eigenvalue weighted by atomic mass is 35.5. The van der Waals surface area contributed by atoms with Crippen LogP contribution in [0.25, 0.3) is 0 Å². The summed E-state index contributed by atoms with van der Waals surface area (Å²) in [6.07, 6.45) is 2.22. The monoisotopic (exact) mass is 431 g/mol. The van der Waals surface area contributed by atoms with E-state index in [-0.39, 0.29) is 18.2 Å². The van der Waals surface area contributed by atoms with Crippen LogP contribution in [-0.2, 0) is 9.53 Å². The van der Waals surface area contributed by atoms with Crippen LogP contribution in [0, 0.1) is 6.92 Å². The molecule has 0 radical (unpaired) electrons. The largest absolute Gasteiger partial charge is 0.381 e. The van der Waals surface area contributed by atoms with Crippen LogP contribution in [0.1, 0.15) is 56.0 Å². The molecule has 1 amide bonds. The molecule has 1 saturated heterocycles. The number of benzene rings is 1. The zero-order valence-corrected chi connectivity index (χ0v) is 18.9. The molecule has 2 heterocycles. The first-order valence-electron chi connectivity index (χ1n) is 10.5. The average molecular weight is 432 g/mol. The van der Waals surface area contributed by atoms with Crippen LogP contribution in [0.5, 0.6) is 0 Å². The van der Waals surface area contributed by atoms with Crippen molar-refractivity contribution in [3.8, 4) is 0 Å². The normalized spacial score (nSPS) is 17.8. The Morgan fingerprint density at radius 3 is 2.60 bits per heavy atom. The highest BCUT2D eigenvalue weighted by Gasteiger charge is 2.25. The lowest BCUT2D eigenvalue weighted by atomic mass is 9.99. The molecular formula is C23H30ClN3O3.